The van der Waals surface area contributed by atoms with Gasteiger partial charge < -0.3 is 15.8 Å². The second-order valence-electron chi connectivity index (χ2n) is 4.39. The van der Waals surface area contributed by atoms with E-state index in [1.54, 1.807) is 19.2 Å². The molecule has 0 radical (unpaired) electrons. The lowest BCUT2D eigenvalue weighted by atomic mass is 10.1. The Morgan fingerprint density at radius 3 is 2.70 bits per heavy atom. The fraction of sp³-hybridized carbons (Fsp3) is 0.429. The Bertz CT molecular complexity index is 477. The highest BCUT2D eigenvalue weighted by Crippen LogP contribution is 2.25. The molecule has 0 saturated heterocycles. The average Bonchev–Trinajstić information content (AvgIpc) is 2.41. The summed E-state index contributed by atoms with van der Waals surface area (Å²) in [6, 6.07) is 5.45. The van der Waals surface area contributed by atoms with Crippen molar-refractivity contribution >= 4 is 23.4 Å². The van der Waals surface area contributed by atoms with E-state index < -0.39 is 0 Å². The molecule has 0 saturated carbocycles. The van der Waals surface area contributed by atoms with Crippen LogP contribution in [0.25, 0.3) is 0 Å². The minimum Gasteiger partial charge on any atom is -0.495 e. The molecule has 0 bridgehead atoms. The van der Waals surface area contributed by atoms with Crippen LogP contribution in [0.3, 0.4) is 0 Å². The molecule has 0 atom stereocenters. The van der Waals surface area contributed by atoms with Gasteiger partial charge in [-0.15, -0.1) is 0 Å². The monoisotopic (exact) mass is 298 g/mol. The Labute approximate surface area is 123 Å². The Balaban J connectivity index is 2.30. The van der Waals surface area contributed by atoms with Crippen LogP contribution < -0.4 is 15.8 Å². The number of amides is 2. The zero-order valence-electron chi connectivity index (χ0n) is 11.4. The summed E-state index contributed by atoms with van der Waals surface area (Å²) in [6.45, 7) is 0.463. The van der Waals surface area contributed by atoms with Crippen LogP contribution in [-0.4, -0.2) is 25.5 Å². The van der Waals surface area contributed by atoms with Crippen molar-refractivity contribution in [2.75, 3.05) is 13.7 Å². The fourth-order valence-corrected chi connectivity index (χ4v) is 1.98. The molecule has 2 amide bonds. The van der Waals surface area contributed by atoms with Gasteiger partial charge in [-0.1, -0.05) is 17.7 Å². The van der Waals surface area contributed by atoms with Crippen molar-refractivity contribution in [1.82, 2.24) is 5.32 Å². The van der Waals surface area contributed by atoms with E-state index in [0.717, 1.165) is 5.56 Å². The number of aryl methyl sites for hydroxylation is 1. The third-order valence-electron chi connectivity index (χ3n) is 2.78. The highest BCUT2D eigenvalue weighted by atomic mass is 35.5. The van der Waals surface area contributed by atoms with E-state index in [1.165, 1.54) is 0 Å². The van der Waals surface area contributed by atoms with Gasteiger partial charge in [-0.25, -0.2) is 0 Å². The number of benzene rings is 1. The minimum atomic E-state index is -0.355. The number of primary amides is 1. The van der Waals surface area contributed by atoms with Gasteiger partial charge in [0.2, 0.25) is 11.8 Å². The van der Waals surface area contributed by atoms with E-state index in [2.05, 4.69) is 5.32 Å². The minimum absolute atomic E-state index is 0.0542. The van der Waals surface area contributed by atoms with Gasteiger partial charge in [0.15, 0.2) is 0 Å². The molecule has 0 aliphatic rings. The van der Waals surface area contributed by atoms with Gasteiger partial charge in [-0.2, -0.15) is 0 Å². The first kappa shape index (κ1) is 16.3. The summed E-state index contributed by atoms with van der Waals surface area (Å²) in [5, 5.41) is 3.28. The predicted octanol–water partition coefficient (Wildman–Crippen LogP) is 1.66. The van der Waals surface area contributed by atoms with Crippen LogP contribution in [0.1, 0.15) is 24.8 Å². The van der Waals surface area contributed by atoms with Crippen molar-refractivity contribution in [2.24, 2.45) is 5.73 Å². The van der Waals surface area contributed by atoms with Crippen LogP contribution in [0.5, 0.6) is 5.75 Å². The molecular weight excluding hydrogens is 280 g/mol. The van der Waals surface area contributed by atoms with Gasteiger partial charge >= 0.3 is 0 Å². The van der Waals surface area contributed by atoms with Crippen molar-refractivity contribution in [3.63, 3.8) is 0 Å². The smallest absolute Gasteiger partial charge is 0.220 e. The summed E-state index contributed by atoms with van der Waals surface area (Å²) in [5.41, 5.74) is 5.98. The fourth-order valence-electron chi connectivity index (χ4n) is 1.70. The highest BCUT2D eigenvalue weighted by Gasteiger charge is 2.05. The lowest BCUT2D eigenvalue weighted by Crippen LogP contribution is -2.25. The first-order valence-corrected chi connectivity index (χ1v) is 6.78. The standard InChI is InChI=1S/C14H19ClN2O3/c1-20-12-6-4-10(9-11(12)15)5-7-14(19)17-8-2-3-13(16)18/h4,6,9H,2-3,5,7-8H2,1H3,(H2,16,18)(H,17,19). The molecule has 3 N–H and O–H groups in total. The molecule has 0 fully saturated rings. The number of rotatable bonds is 8. The Hall–Kier alpha value is -1.75. The first-order chi connectivity index (χ1) is 9.52. The van der Waals surface area contributed by atoms with E-state index in [1.807, 2.05) is 6.07 Å². The van der Waals surface area contributed by atoms with Crippen LogP contribution in [0.2, 0.25) is 5.02 Å². The average molecular weight is 299 g/mol. The summed E-state index contributed by atoms with van der Waals surface area (Å²) in [5.74, 6) is 0.208. The largest absolute Gasteiger partial charge is 0.495 e. The van der Waals surface area contributed by atoms with Crippen molar-refractivity contribution in [3.05, 3.63) is 28.8 Å². The maximum absolute atomic E-state index is 11.6. The number of carbonyl (C=O) groups is 2. The second kappa shape index (κ2) is 8.43. The van der Waals surface area contributed by atoms with E-state index >= 15 is 0 Å². The van der Waals surface area contributed by atoms with E-state index in [9.17, 15) is 9.59 Å². The molecule has 1 aromatic rings. The SMILES string of the molecule is COc1ccc(CCC(=O)NCCCC(N)=O)cc1Cl. The van der Waals surface area contributed by atoms with E-state index in [4.69, 9.17) is 22.1 Å². The molecule has 110 valence electrons. The van der Waals surface area contributed by atoms with E-state index in [0.29, 0.717) is 36.6 Å². The number of hydrogen-bond acceptors (Lipinski definition) is 3. The van der Waals surface area contributed by atoms with Crippen molar-refractivity contribution in [2.45, 2.75) is 25.7 Å². The molecule has 1 rings (SSSR count). The third-order valence-corrected chi connectivity index (χ3v) is 3.07. The summed E-state index contributed by atoms with van der Waals surface area (Å²) in [4.78, 5) is 22.1. The first-order valence-electron chi connectivity index (χ1n) is 6.40. The molecule has 0 unspecified atom stereocenters. The third kappa shape index (κ3) is 5.93. The zero-order chi connectivity index (χ0) is 15.0. The number of hydrogen-bond donors (Lipinski definition) is 2. The maximum atomic E-state index is 11.6. The van der Waals surface area contributed by atoms with Gasteiger partial charge in [-0.05, 0) is 30.5 Å². The van der Waals surface area contributed by atoms with E-state index in [-0.39, 0.29) is 18.2 Å². The number of ether oxygens (including phenoxy) is 1. The molecule has 5 nitrogen and oxygen atoms in total. The van der Waals surface area contributed by atoms with Crippen LogP contribution in [0.15, 0.2) is 18.2 Å². The number of methoxy groups -OCH3 is 1. The van der Waals surface area contributed by atoms with Crippen LogP contribution >= 0.6 is 11.6 Å². The molecule has 20 heavy (non-hydrogen) atoms. The summed E-state index contributed by atoms with van der Waals surface area (Å²) < 4.78 is 5.06. The topological polar surface area (TPSA) is 81.4 Å². The molecule has 0 aromatic heterocycles. The maximum Gasteiger partial charge on any atom is 0.220 e. The quantitative estimate of drug-likeness (QED) is 0.716. The highest BCUT2D eigenvalue weighted by molar-refractivity contribution is 6.32. The predicted molar refractivity (Wildman–Crippen MR) is 77.8 cm³/mol. The van der Waals surface area contributed by atoms with Gasteiger partial charge in [0.05, 0.1) is 12.1 Å². The van der Waals surface area contributed by atoms with Gasteiger partial charge in [0.1, 0.15) is 5.75 Å². The second-order valence-corrected chi connectivity index (χ2v) is 4.80. The molecule has 6 heteroatoms. The Kier molecular flexibility index (Phi) is 6.87. The lowest BCUT2D eigenvalue weighted by molar-refractivity contribution is -0.121. The van der Waals surface area contributed by atoms with Crippen molar-refractivity contribution in [3.8, 4) is 5.75 Å². The lowest BCUT2D eigenvalue weighted by Gasteiger charge is -2.07. The zero-order valence-corrected chi connectivity index (χ0v) is 12.2. The number of halogens is 1. The Morgan fingerprint density at radius 2 is 2.10 bits per heavy atom. The summed E-state index contributed by atoms with van der Waals surface area (Å²) >= 11 is 6.01. The summed E-state index contributed by atoms with van der Waals surface area (Å²) in [7, 11) is 1.56. The van der Waals surface area contributed by atoms with Crippen LogP contribution in [-0.2, 0) is 16.0 Å². The van der Waals surface area contributed by atoms with Crippen LogP contribution in [0.4, 0.5) is 0 Å². The normalized spacial score (nSPS) is 10.1. The van der Waals surface area contributed by atoms with Crippen molar-refractivity contribution in [1.29, 1.82) is 0 Å². The Morgan fingerprint density at radius 1 is 1.35 bits per heavy atom. The molecule has 0 aliphatic heterocycles. The molecule has 1 aromatic carbocycles. The van der Waals surface area contributed by atoms with Crippen molar-refractivity contribution < 1.29 is 14.3 Å². The van der Waals surface area contributed by atoms with Gasteiger partial charge in [0, 0.05) is 19.4 Å². The van der Waals surface area contributed by atoms with Gasteiger partial charge in [0.25, 0.3) is 0 Å². The molecular formula is C14H19ClN2O3. The van der Waals surface area contributed by atoms with Gasteiger partial charge in [-0.3, -0.25) is 9.59 Å². The number of nitrogens with two attached hydrogens (primary N) is 1. The number of nitrogens with one attached hydrogen (secondary N) is 1. The molecule has 0 spiro atoms. The number of carbonyl (C=O) groups excluding carboxylic acids is 2. The molecule has 0 heterocycles. The van der Waals surface area contributed by atoms with Crippen LogP contribution in [0, 0.1) is 0 Å². The summed E-state index contributed by atoms with van der Waals surface area (Å²) in [6.07, 6.45) is 1.83. The molecule has 0 aliphatic carbocycles.